The molecular weight excluding hydrogens is 268 g/mol. The third-order valence-corrected chi connectivity index (χ3v) is 4.43. The second kappa shape index (κ2) is 10.1. The molecule has 4 heteroatoms. The van der Waals surface area contributed by atoms with Crippen molar-refractivity contribution < 1.29 is 4.74 Å². The van der Waals surface area contributed by atoms with Crippen molar-refractivity contribution >= 4 is 11.8 Å². The highest BCUT2D eigenvalue weighted by Crippen LogP contribution is 2.19. The van der Waals surface area contributed by atoms with Crippen LogP contribution in [-0.4, -0.2) is 42.6 Å². The maximum Gasteiger partial charge on any atom is 0.119 e. The fourth-order valence-corrected chi connectivity index (χ4v) is 3.02. The van der Waals surface area contributed by atoms with Crippen molar-refractivity contribution in [3.8, 4) is 5.75 Å². The fourth-order valence-electron chi connectivity index (χ4n) is 2.02. The van der Waals surface area contributed by atoms with Crippen LogP contribution in [0, 0.1) is 0 Å². The molecule has 114 valence electrons. The molecule has 20 heavy (non-hydrogen) atoms. The third-order valence-electron chi connectivity index (χ3n) is 3.36. The number of nitrogens with two attached hydrogens (primary N) is 1. The summed E-state index contributed by atoms with van der Waals surface area (Å²) in [4.78, 5) is 2.44. The average Bonchev–Trinajstić information content (AvgIpc) is 2.48. The number of nitrogens with zero attached hydrogens (tertiary/aromatic N) is 1. The van der Waals surface area contributed by atoms with Crippen molar-refractivity contribution in [2.45, 2.75) is 26.8 Å². The lowest BCUT2D eigenvalue weighted by Gasteiger charge is -2.18. The first-order valence-electron chi connectivity index (χ1n) is 7.49. The molecule has 0 bridgehead atoms. The van der Waals surface area contributed by atoms with Gasteiger partial charge in [0.25, 0.3) is 0 Å². The van der Waals surface area contributed by atoms with E-state index in [-0.39, 0.29) is 6.04 Å². The molecule has 0 heterocycles. The molecule has 1 aromatic carbocycles. The summed E-state index contributed by atoms with van der Waals surface area (Å²) >= 11 is 1.93. The molecule has 0 amide bonds. The standard InChI is InChI=1S/C16H28N2OS/c1-4-18(5-2)11-12-20-13-16(17)14-7-9-15(10-8-14)19-6-3/h7-10,16H,4-6,11-13,17H2,1-3H3. The Kier molecular flexibility index (Phi) is 8.74. The lowest BCUT2D eigenvalue weighted by molar-refractivity contribution is 0.324. The molecule has 0 saturated carbocycles. The van der Waals surface area contributed by atoms with E-state index in [1.807, 2.05) is 30.8 Å². The van der Waals surface area contributed by atoms with Gasteiger partial charge in [-0.25, -0.2) is 0 Å². The minimum absolute atomic E-state index is 0.104. The monoisotopic (exact) mass is 296 g/mol. The van der Waals surface area contributed by atoms with Crippen LogP contribution in [0.4, 0.5) is 0 Å². The van der Waals surface area contributed by atoms with Gasteiger partial charge >= 0.3 is 0 Å². The van der Waals surface area contributed by atoms with E-state index >= 15 is 0 Å². The van der Waals surface area contributed by atoms with Crippen LogP contribution in [0.25, 0.3) is 0 Å². The zero-order valence-electron chi connectivity index (χ0n) is 13.0. The Morgan fingerprint density at radius 3 is 2.35 bits per heavy atom. The zero-order valence-corrected chi connectivity index (χ0v) is 13.8. The van der Waals surface area contributed by atoms with Gasteiger partial charge in [-0.3, -0.25) is 0 Å². The molecule has 0 aliphatic carbocycles. The van der Waals surface area contributed by atoms with Crippen molar-refractivity contribution in [3.63, 3.8) is 0 Å². The molecule has 0 fully saturated rings. The van der Waals surface area contributed by atoms with Crippen molar-refractivity contribution in [1.29, 1.82) is 0 Å². The maximum atomic E-state index is 6.23. The van der Waals surface area contributed by atoms with Gasteiger partial charge in [0.2, 0.25) is 0 Å². The van der Waals surface area contributed by atoms with E-state index < -0.39 is 0 Å². The molecule has 1 unspecified atom stereocenters. The van der Waals surface area contributed by atoms with Crippen LogP contribution in [0.5, 0.6) is 5.75 Å². The molecule has 0 spiro atoms. The van der Waals surface area contributed by atoms with Gasteiger partial charge in [-0.05, 0) is 37.7 Å². The highest BCUT2D eigenvalue weighted by molar-refractivity contribution is 7.99. The molecule has 0 aliphatic rings. The Morgan fingerprint density at radius 2 is 1.80 bits per heavy atom. The lowest BCUT2D eigenvalue weighted by Crippen LogP contribution is -2.25. The van der Waals surface area contributed by atoms with Crippen molar-refractivity contribution in [3.05, 3.63) is 29.8 Å². The van der Waals surface area contributed by atoms with E-state index in [2.05, 4.69) is 30.9 Å². The van der Waals surface area contributed by atoms with E-state index in [4.69, 9.17) is 10.5 Å². The van der Waals surface area contributed by atoms with Gasteiger partial charge in [0.05, 0.1) is 6.61 Å². The van der Waals surface area contributed by atoms with Gasteiger partial charge in [-0.15, -0.1) is 0 Å². The third kappa shape index (κ3) is 6.16. The van der Waals surface area contributed by atoms with Gasteiger partial charge in [0.1, 0.15) is 5.75 Å². The SMILES string of the molecule is CCOc1ccc(C(N)CSCCN(CC)CC)cc1. The fraction of sp³-hybridized carbons (Fsp3) is 0.625. The number of benzene rings is 1. The minimum Gasteiger partial charge on any atom is -0.494 e. The number of ether oxygens (including phenoxy) is 1. The van der Waals surface area contributed by atoms with Gasteiger partial charge in [0, 0.05) is 24.1 Å². The molecule has 0 aromatic heterocycles. The van der Waals surface area contributed by atoms with Crippen LogP contribution in [-0.2, 0) is 0 Å². The van der Waals surface area contributed by atoms with E-state index in [1.54, 1.807) is 0 Å². The largest absolute Gasteiger partial charge is 0.494 e. The van der Waals surface area contributed by atoms with E-state index in [0.29, 0.717) is 6.61 Å². The van der Waals surface area contributed by atoms with Crippen molar-refractivity contribution in [2.75, 3.05) is 37.7 Å². The number of thioether (sulfide) groups is 1. The molecule has 0 aliphatic heterocycles. The summed E-state index contributed by atoms with van der Waals surface area (Å²) in [6, 6.07) is 8.24. The number of rotatable bonds is 10. The van der Waals surface area contributed by atoms with Gasteiger partial charge in [-0.2, -0.15) is 11.8 Å². The first-order chi connectivity index (χ1) is 9.71. The summed E-state index contributed by atoms with van der Waals surface area (Å²) in [7, 11) is 0. The first-order valence-corrected chi connectivity index (χ1v) is 8.65. The van der Waals surface area contributed by atoms with Crippen LogP contribution in [0.15, 0.2) is 24.3 Å². The topological polar surface area (TPSA) is 38.5 Å². The quantitative estimate of drug-likeness (QED) is 0.673. The van der Waals surface area contributed by atoms with Gasteiger partial charge < -0.3 is 15.4 Å². The first kappa shape index (κ1) is 17.3. The van der Waals surface area contributed by atoms with Crippen LogP contribution >= 0.6 is 11.8 Å². The highest BCUT2D eigenvalue weighted by Gasteiger charge is 2.07. The summed E-state index contributed by atoms with van der Waals surface area (Å²) in [6.07, 6.45) is 0. The summed E-state index contributed by atoms with van der Waals surface area (Å²) < 4.78 is 5.44. The molecule has 0 radical (unpaired) electrons. The summed E-state index contributed by atoms with van der Waals surface area (Å²) in [6.45, 7) is 10.5. The van der Waals surface area contributed by atoms with E-state index in [0.717, 1.165) is 36.9 Å². The normalized spacial score (nSPS) is 12.7. The molecule has 1 aromatic rings. The molecule has 3 nitrogen and oxygen atoms in total. The number of hydrogen-bond acceptors (Lipinski definition) is 4. The maximum absolute atomic E-state index is 6.23. The van der Waals surface area contributed by atoms with Crippen LogP contribution < -0.4 is 10.5 Å². The van der Waals surface area contributed by atoms with Gasteiger partial charge in [0.15, 0.2) is 0 Å². The summed E-state index contributed by atoms with van der Waals surface area (Å²) in [5.74, 6) is 3.03. The molecular formula is C16H28N2OS. The molecule has 2 N–H and O–H groups in total. The second-order valence-corrected chi connectivity index (χ2v) is 5.86. The van der Waals surface area contributed by atoms with Crippen molar-refractivity contribution in [1.82, 2.24) is 4.90 Å². The van der Waals surface area contributed by atoms with Crippen LogP contribution in [0.1, 0.15) is 32.4 Å². The molecule has 1 rings (SSSR count). The average molecular weight is 296 g/mol. The predicted octanol–water partition coefficient (Wildman–Crippen LogP) is 3.16. The Balaban J connectivity index is 2.29. The Hall–Kier alpha value is -0.710. The van der Waals surface area contributed by atoms with Crippen LogP contribution in [0.2, 0.25) is 0 Å². The Morgan fingerprint density at radius 1 is 1.15 bits per heavy atom. The van der Waals surface area contributed by atoms with Gasteiger partial charge in [-0.1, -0.05) is 26.0 Å². The lowest BCUT2D eigenvalue weighted by atomic mass is 10.1. The number of hydrogen-bond donors (Lipinski definition) is 1. The minimum atomic E-state index is 0.104. The zero-order chi connectivity index (χ0) is 14.8. The predicted molar refractivity (Wildman–Crippen MR) is 89.7 cm³/mol. The van der Waals surface area contributed by atoms with E-state index in [1.165, 1.54) is 5.56 Å². The van der Waals surface area contributed by atoms with E-state index in [9.17, 15) is 0 Å². The molecule has 0 saturated heterocycles. The Labute approximate surface area is 127 Å². The summed E-state index contributed by atoms with van der Waals surface area (Å²) in [5.41, 5.74) is 7.41. The van der Waals surface area contributed by atoms with Crippen LogP contribution in [0.3, 0.4) is 0 Å². The molecule has 1 atom stereocenters. The second-order valence-electron chi connectivity index (χ2n) is 4.71. The highest BCUT2D eigenvalue weighted by atomic mass is 32.2. The smallest absolute Gasteiger partial charge is 0.119 e. The summed E-state index contributed by atoms with van der Waals surface area (Å²) in [5, 5.41) is 0. The Bertz CT molecular complexity index is 352. The van der Waals surface area contributed by atoms with Crippen molar-refractivity contribution in [2.24, 2.45) is 5.73 Å².